The molecule has 10 heteroatoms. The first-order valence-electron chi connectivity index (χ1n) is 5.81. The van der Waals surface area contributed by atoms with Crippen molar-refractivity contribution in [2.75, 3.05) is 0 Å². The van der Waals surface area contributed by atoms with E-state index >= 15 is 0 Å². The Morgan fingerprint density at radius 2 is 1.14 bits per heavy atom. The van der Waals surface area contributed by atoms with Crippen molar-refractivity contribution in [3.05, 3.63) is 24.0 Å². The lowest BCUT2D eigenvalue weighted by atomic mass is 10.1. The quantitative estimate of drug-likeness (QED) is 0.519. The van der Waals surface area contributed by atoms with E-state index in [1.807, 2.05) is 0 Å². The summed E-state index contributed by atoms with van der Waals surface area (Å²) < 4.78 is 46.2. The number of sulfone groups is 2. The molecule has 0 aromatic carbocycles. The van der Waals surface area contributed by atoms with Crippen LogP contribution < -0.4 is 11.5 Å². The SMILES string of the molecule is C=CS(=O)(=O)C(CCCC(C(N)=O)S(=O)(=O)C=C)C(N)=O. The molecule has 120 valence electrons. The van der Waals surface area contributed by atoms with Gasteiger partial charge in [0.25, 0.3) is 0 Å². The highest BCUT2D eigenvalue weighted by Crippen LogP contribution is 2.16. The molecular weight excluding hydrogens is 320 g/mol. The number of hydrogen-bond acceptors (Lipinski definition) is 6. The van der Waals surface area contributed by atoms with E-state index in [1.165, 1.54) is 0 Å². The smallest absolute Gasteiger partial charge is 0.236 e. The summed E-state index contributed by atoms with van der Waals surface area (Å²) in [5.74, 6) is -2.14. The second-order valence-electron chi connectivity index (χ2n) is 4.22. The van der Waals surface area contributed by atoms with Gasteiger partial charge in [0.1, 0.15) is 10.5 Å². The Morgan fingerprint density at radius 3 is 1.33 bits per heavy atom. The fourth-order valence-electron chi connectivity index (χ4n) is 1.66. The molecule has 2 amide bonds. The van der Waals surface area contributed by atoms with Crippen LogP contribution in [0.1, 0.15) is 19.3 Å². The normalized spacial score (nSPS) is 14.9. The van der Waals surface area contributed by atoms with Gasteiger partial charge in [0, 0.05) is 10.8 Å². The minimum atomic E-state index is -3.92. The minimum absolute atomic E-state index is 0.0542. The van der Waals surface area contributed by atoms with Gasteiger partial charge in [-0.2, -0.15) is 0 Å². The van der Waals surface area contributed by atoms with Crippen molar-refractivity contribution in [2.24, 2.45) is 11.5 Å². The lowest BCUT2D eigenvalue weighted by Gasteiger charge is -2.14. The van der Waals surface area contributed by atoms with Gasteiger partial charge in [-0.15, -0.1) is 0 Å². The first-order chi connectivity index (χ1) is 9.49. The fraction of sp³-hybridized carbons (Fsp3) is 0.455. The molecule has 0 spiro atoms. The zero-order valence-corrected chi connectivity index (χ0v) is 12.9. The lowest BCUT2D eigenvalue weighted by Crippen LogP contribution is -2.37. The Morgan fingerprint density at radius 1 is 0.857 bits per heavy atom. The number of hydrogen-bond donors (Lipinski definition) is 2. The average Bonchev–Trinajstić information content (AvgIpc) is 2.37. The van der Waals surface area contributed by atoms with E-state index in [-0.39, 0.29) is 19.3 Å². The lowest BCUT2D eigenvalue weighted by molar-refractivity contribution is -0.118. The van der Waals surface area contributed by atoms with Crippen molar-refractivity contribution in [2.45, 2.75) is 29.8 Å². The average molecular weight is 338 g/mol. The van der Waals surface area contributed by atoms with E-state index in [0.717, 1.165) is 0 Å². The summed E-state index contributed by atoms with van der Waals surface area (Å²) in [5.41, 5.74) is 9.99. The molecule has 0 aromatic rings. The summed E-state index contributed by atoms with van der Waals surface area (Å²) >= 11 is 0. The van der Waals surface area contributed by atoms with Gasteiger partial charge in [0.15, 0.2) is 19.7 Å². The highest BCUT2D eigenvalue weighted by molar-refractivity contribution is 7.95. The summed E-state index contributed by atoms with van der Waals surface area (Å²) in [6, 6.07) is 0. The van der Waals surface area contributed by atoms with Gasteiger partial charge in [-0.05, 0) is 19.3 Å². The van der Waals surface area contributed by atoms with Gasteiger partial charge < -0.3 is 11.5 Å². The van der Waals surface area contributed by atoms with Crippen LogP contribution in [0.4, 0.5) is 0 Å². The Balaban J connectivity index is 5.00. The molecule has 0 rings (SSSR count). The molecule has 0 aliphatic rings. The van der Waals surface area contributed by atoms with Gasteiger partial charge in [0.05, 0.1) is 0 Å². The monoisotopic (exact) mass is 338 g/mol. The van der Waals surface area contributed by atoms with Crippen molar-refractivity contribution < 1.29 is 26.4 Å². The first kappa shape index (κ1) is 19.3. The molecule has 2 atom stereocenters. The Bertz CT molecular complexity index is 580. The van der Waals surface area contributed by atoms with Gasteiger partial charge in [0.2, 0.25) is 11.8 Å². The van der Waals surface area contributed by atoms with E-state index in [2.05, 4.69) is 13.2 Å². The Hall–Kier alpha value is -1.68. The van der Waals surface area contributed by atoms with Crippen molar-refractivity contribution in [1.82, 2.24) is 0 Å². The third-order valence-electron chi connectivity index (χ3n) is 2.83. The largest absolute Gasteiger partial charge is 0.369 e. The van der Waals surface area contributed by atoms with Gasteiger partial charge in [-0.3, -0.25) is 9.59 Å². The topological polar surface area (TPSA) is 154 Å². The maximum atomic E-state index is 11.6. The molecule has 0 bridgehead atoms. The molecule has 4 N–H and O–H groups in total. The number of primary amides is 2. The van der Waals surface area contributed by atoms with Crippen LogP contribution in [0.2, 0.25) is 0 Å². The van der Waals surface area contributed by atoms with E-state index in [1.54, 1.807) is 0 Å². The molecule has 0 heterocycles. The van der Waals surface area contributed by atoms with E-state index in [0.29, 0.717) is 10.8 Å². The zero-order valence-electron chi connectivity index (χ0n) is 11.3. The number of nitrogens with two attached hydrogens (primary N) is 2. The third-order valence-corrected chi connectivity index (χ3v) is 6.28. The van der Waals surface area contributed by atoms with Crippen LogP contribution in [0.5, 0.6) is 0 Å². The molecule has 0 saturated heterocycles. The highest BCUT2D eigenvalue weighted by atomic mass is 32.2. The number of carbonyl (C=O) groups excluding carboxylic acids is 2. The summed E-state index contributed by atoms with van der Waals surface area (Å²) in [6.07, 6.45) is -0.526. The summed E-state index contributed by atoms with van der Waals surface area (Å²) in [7, 11) is -7.83. The highest BCUT2D eigenvalue weighted by Gasteiger charge is 2.31. The number of amides is 2. The molecule has 0 fully saturated rings. The van der Waals surface area contributed by atoms with Crippen LogP contribution in [0.15, 0.2) is 24.0 Å². The summed E-state index contributed by atoms with van der Waals surface area (Å²) in [6.45, 7) is 6.16. The second kappa shape index (κ2) is 7.36. The van der Waals surface area contributed by atoms with Crippen LogP contribution in [-0.4, -0.2) is 39.1 Å². The molecular formula is C11H18N2O6S2. The third kappa shape index (κ3) is 5.31. The van der Waals surface area contributed by atoms with Crippen LogP contribution in [0.3, 0.4) is 0 Å². The maximum Gasteiger partial charge on any atom is 0.236 e. The van der Waals surface area contributed by atoms with E-state index in [4.69, 9.17) is 11.5 Å². The summed E-state index contributed by atoms with van der Waals surface area (Å²) in [4.78, 5) is 22.3. The molecule has 0 saturated carbocycles. The number of rotatable bonds is 10. The van der Waals surface area contributed by atoms with Gasteiger partial charge >= 0.3 is 0 Å². The standard InChI is InChI=1S/C11H18N2O6S2/c1-3-20(16,17)8(10(12)14)6-5-7-9(11(13)15)21(18,19)4-2/h3-4,8-9H,1-2,5-7H2,(H2,12,14)(H2,13,15). The first-order valence-corrected chi connectivity index (χ1v) is 9.02. The predicted octanol–water partition coefficient (Wildman–Crippen LogP) is -1.02. The van der Waals surface area contributed by atoms with Crippen molar-refractivity contribution >= 4 is 31.5 Å². The van der Waals surface area contributed by atoms with Crippen molar-refractivity contribution in [3.63, 3.8) is 0 Å². The van der Waals surface area contributed by atoms with Crippen LogP contribution >= 0.6 is 0 Å². The zero-order chi connectivity index (χ0) is 16.8. The maximum absolute atomic E-state index is 11.6. The van der Waals surface area contributed by atoms with Crippen LogP contribution in [-0.2, 0) is 29.3 Å². The molecule has 0 aliphatic carbocycles. The van der Waals surface area contributed by atoms with Gasteiger partial charge in [-0.25, -0.2) is 16.8 Å². The molecule has 8 nitrogen and oxygen atoms in total. The molecule has 0 aliphatic heterocycles. The van der Waals surface area contributed by atoms with Crippen LogP contribution in [0.25, 0.3) is 0 Å². The molecule has 21 heavy (non-hydrogen) atoms. The van der Waals surface area contributed by atoms with Crippen molar-refractivity contribution in [3.8, 4) is 0 Å². The van der Waals surface area contributed by atoms with E-state index < -0.39 is 42.0 Å². The fourth-order valence-corrected chi connectivity index (χ4v) is 3.76. The molecule has 0 radical (unpaired) electrons. The van der Waals surface area contributed by atoms with Crippen LogP contribution in [0, 0.1) is 0 Å². The minimum Gasteiger partial charge on any atom is -0.369 e. The Kier molecular flexibility index (Phi) is 6.77. The van der Waals surface area contributed by atoms with Crippen molar-refractivity contribution in [1.29, 1.82) is 0 Å². The van der Waals surface area contributed by atoms with Gasteiger partial charge in [-0.1, -0.05) is 13.2 Å². The molecule has 0 aromatic heterocycles. The van der Waals surface area contributed by atoms with E-state index in [9.17, 15) is 26.4 Å². The Labute approximate surface area is 123 Å². The number of carbonyl (C=O) groups is 2. The second-order valence-corrected chi connectivity index (χ2v) is 8.39. The molecule has 2 unspecified atom stereocenters. The summed E-state index contributed by atoms with van der Waals surface area (Å²) in [5, 5.41) is -1.83. The predicted molar refractivity (Wildman–Crippen MR) is 78.0 cm³/mol.